The van der Waals surface area contributed by atoms with E-state index in [9.17, 15) is 29.1 Å². The first-order valence-electron chi connectivity index (χ1n) is 6.87. The van der Waals surface area contributed by atoms with Gasteiger partial charge in [-0.2, -0.15) is 0 Å². The molecule has 0 aromatic carbocycles. The van der Waals surface area contributed by atoms with E-state index in [1.165, 1.54) is 0 Å². The van der Waals surface area contributed by atoms with Gasteiger partial charge in [0, 0.05) is 27.7 Å². The second-order valence-electron chi connectivity index (χ2n) is 4.69. The van der Waals surface area contributed by atoms with E-state index >= 15 is 0 Å². The Bertz CT molecular complexity index is 486. The number of aliphatic hydroxyl groups is 1. The summed E-state index contributed by atoms with van der Waals surface area (Å²) in [5.74, 6) is -3.42. The molecule has 0 unspecified atom stereocenters. The number of carbonyl (C=O) groups excluding carboxylic acids is 5. The van der Waals surface area contributed by atoms with Crippen LogP contribution in [-0.2, 0) is 42.9 Å². The summed E-state index contributed by atoms with van der Waals surface area (Å²) in [6.07, 6.45) is -6.12. The Morgan fingerprint density at radius 2 is 1.21 bits per heavy atom. The highest BCUT2D eigenvalue weighted by molar-refractivity contribution is 5.72. The highest BCUT2D eigenvalue weighted by Crippen LogP contribution is 2.18. The predicted molar refractivity (Wildman–Crippen MR) is 75.4 cm³/mol. The van der Waals surface area contributed by atoms with Crippen LogP contribution in [0, 0.1) is 0 Å². The average Bonchev–Trinajstić information content (AvgIpc) is 2.45. The number of aliphatic hydroxyl groups excluding tert-OH is 1. The van der Waals surface area contributed by atoms with Crippen LogP contribution in [-0.4, -0.2) is 66.3 Å². The van der Waals surface area contributed by atoms with Crippen LogP contribution in [0.2, 0.25) is 0 Å². The van der Waals surface area contributed by atoms with Crippen LogP contribution < -0.4 is 0 Å². The average molecular weight is 348 g/mol. The molecule has 0 spiro atoms. The lowest BCUT2D eigenvalue weighted by atomic mass is 10.0. The second kappa shape index (κ2) is 10.3. The number of aldehydes is 1. The van der Waals surface area contributed by atoms with Gasteiger partial charge in [-0.3, -0.25) is 24.0 Å². The minimum atomic E-state index is -1.64. The smallest absolute Gasteiger partial charge is 0.303 e. The van der Waals surface area contributed by atoms with Gasteiger partial charge in [-0.15, -0.1) is 0 Å². The third kappa shape index (κ3) is 7.68. The Kier molecular flexibility index (Phi) is 9.25. The Hall–Kier alpha value is -2.49. The summed E-state index contributed by atoms with van der Waals surface area (Å²) in [5, 5.41) is 9.37. The van der Waals surface area contributed by atoms with E-state index in [4.69, 9.17) is 18.9 Å². The van der Waals surface area contributed by atoms with E-state index in [2.05, 4.69) is 0 Å². The fourth-order valence-corrected chi connectivity index (χ4v) is 1.84. The van der Waals surface area contributed by atoms with Crippen LogP contribution in [0.1, 0.15) is 27.7 Å². The van der Waals surface area contributed by atoms with Crippen molar-refractivity contribution >= 4 is 30.2 Å². The van der Waals surface area contributed by atoms with Gasteiger partial charge in [-0.1, -0.05) is 0 Å². The molecule has 0 amide bonds. The van der Waals surface area contributed by atoms with Crippen molar-refractivity contribution in [1.82, 2.24) is 0 Å². The van der Waals surface area contributed by atoms with Gasteiger partial charge in [0.05, 0.1) is 6.61 Å². The van der Waals surface area contributed by atoms with Crippen LogP contribution in [0.25, 0.3) is 0 Å². The molecule has 24 heavy (non-hydrogen) atoms. The fourth-order valence-electron chi connectivity index (χ4n) is 1.84. The Labute approximate surface area is 138 Å². The molecule has 0 bridgehead atoms. The number of esters is 4. The van der Waals surface area contributed by atoms with Crippen molar-refractivity contribution in [3.63, 3.8) is 0 Å². The van der Waals surface area contributed by atoms with Gasteiger partial charge in [0.15, 0.2) is 30.7 Å². The number of rotatable bonds is 9. The van der Waals surface area contributed by atoms with Crippen molar-refractivity contribution in [2.24, 2.45) is 0 Å². The van der Waals surface area contributed by atoms with Crippen molar-refractivity contribution in [2.45, 2.75) is 52.1 Å². The minimum absolute atomic E-state index is 0.160. The van der Waals surface area contributed by atoms with Gasteiger partial charge < -0.3 is 24.1 Å². The van der Waals surface area contributed by atoms with Crippen LogP contribution in [0.3, 0.4) is 0 Å². The lowest BCUT2D eigenvalue weighted by molar-refractivity contribution is -0.199. The lowest BCUT2D eigenvalue weighted by Crippen LogP contribution is -2.53. The molecule has 0 aliphatic heterocycles. The minimum Gasteiger partial charge on any atom is -0.456 e. The molecular formula is C14H20O10. The molecule has 4 atom stereocenters. The Balaban J connectivity index is 5.79. The van der Waals surface area contributed by atoms with Crippen LogP contribution >= 0.6 is 0 Å². The first-order chi connectivity index (χ1) is 11.1. The predicted octanol–water partition coefficient (Wildman–Crippen LogP) is -1.10. The molecule has 0 aromatic heterocycles. The van der Waals surface area contributed by atoms with Gasteiger partial charge in [-0.05, 0) is 0 Å². The Morgan fingerprint density at radius 3 is 1.54 bits per heavy atom. The highest BCUT2D eigenvalue weighted by Gasteiger charge is 2.43. The van der Waals surface area contributed by atoms with Gasteiger partial charge in [0.1, 0.15) is 0 Å². The summed E-state index contributed by atoms with van der Waals surface area (Å²) in [5.41, 5.74) is 0. The zero-order valence-corrected chi connectivity index (χ0v) is 13.7. The topological polar surface area (TPSA) is 142 Å². The molecule has 0 aliphatic carbocycles. The summed E-state index contributed by atoms with van der Waals surface area (Å²) in [4.78, 5) is 56.0. The highest BCUT2D eigenvalue weighted by atomic mass is 16.6. The van der Waals surface area contributed by atoms with Crippen molar-refractivity contribution in [3.8, 4) is 0 Å². The van der Waals surface area contributed by atoms with Crippen LogP contribution in [0.4, 0.5) is 0 Å². The molecule has 136 valence electrons. The normalized spacial score (nSPS) is 15.2. The van der Waals surface area contributed by atoms with Gasteiger partial charge >= 0.3 is 23.9 Å². The monoisotopic (exact) mass is 348 g/mol. The molecule has 0 aromatic rings. The molecule has 10 heteroatoms. The molecule has 0 fully saturated rings. The molecule has 1 N–H and O–H groups in total. The van der Waals surface area contributed by atoms with Gasteiger partial charge in [-0.25, -0.2) is 0 Å². The third-order valence-electron chi connectivity index (χ3n) is 2.55. The van der Waals surface area contributed by atoms with Gasteiger partial charge in [0.2, 0.25) is 0 Å². The Morgan fingerprint density at radius 1 is 0.792 bits per heavy atom. The maximum atomic E-state index is 11.3. The summed E-state index contributed by atoms with van der Waals surface area (Å²) in [7, 11) is 0. The summed E-state index contributed by atoms with van der Waals surface area (Å²) in [6.45, 7) is 3.27. The quantitative estimate of drug-likeness (QED) is 0.310. The zero-order valence-electron chi connectivity index (χ0n) is 13.7. The van der Waals surface area contributed by atoms with E-state index in [0.29, 0.717) is 0 Å². The van der Waals surface area contributed by atoms with E-state index in [0.717, 1.165) is 27.7 Å². The van der Waals surface area contributed by atoms with Gasteiger partial charge in [0.25, 0.3) is 0 Å². The van der Waals surface area contributed by atoms with E-state index in [1.807, 2.05) is 0 Å². The van der Waals surface area contributed by atoms with Crippen LogP contribution in [0.5, 0.6) is 0 Å². The first kappa shape index (κ1) is 21.5. The fraction of sp³-hybridized carbons (Fsp3) is 0.643. The largest absolute Gasteiger partial charge is 0.456 e. The maximum absolute atomic E-state index is 11.3. The molecule has 10 nitrogen and oxygen atoms in total. The van der Waals surface area contributed by atoms with Crippen molar-refractivity contribution in [1.29, 1.82) is 0 Å². The summed E-state index contributed by atoms with van der Waals surface area (Å²) >= 11 is 0. The summed E-state index contributed by atoms with van der Waals surface area (Å²) in [6, 6.07) is 0. The van der Waals surface area contributed by atoms with Crippen molar-refractivity contribution in [2.75, 3.05) is 6.61 Å². The maximum Gasteiger partial charge on any atom is 0.303 e. The zero-order chi connectivity index (χ0) is 18.9. The molecule has 0 radical (unpaired) electrons. The molecule has 0 rings (SSSR count). The van der Waals surface area contributed by atoms with Crippen LogP contribution in [0.15, 0.2) is 0 Å². The number of ether oxygens (including phenoxy) is 4. The first-order valence-corrected chi connectivity index (χ1v) is 6.87. The number of carbonyl (C=O) groups is 5. The number of hydrogen-bond donors (Lipinski definition) is 1. The molecule has 0 saturated heterocycles. The van der Waals surface area contributed by atoms with E-state index < -0.39 is 54.9 Å². The van der Waals surface area contributed by atoms with Crippen molar-refractivity contribution in [3.05, 3.63) is 0 Å². The lowest BCUT2D eigenvalue weighted by Gasteiger charge is -2.33. The number of hydrogen-bond acceptors (Lipinski definition) is 10. The standard InChI is InChI=1S/C14H20O10/c1-7(17)21-11(5-15)13(23-9(3)19)14(24-10(4)20)12(6-16)22-8(2)18/h5,11-14,16H,6H2,1-4H3/t11-,12+,13+,14-/m1/s1. The molecule has 0 aliphatic rings. The van der Waals surface area contributed by atoms with E-state index in [-0.39, 0.29) is 6.29 Å². The van der Waals surface area contributed by atoms with Crippen molar-refractivity contribution < 1.29 is 48.0 Å². The molecule has 0 saturated carbocycles. The molecule has 0 heterocycles. The third-order valence-corrected chi connectivity index (χ3v) is 2.55. The molecular weight excluding hydrogens is 328 g/mol. The second-order valence-corrected chi connectivity index (χ2v) is 4.69. The van der Waals surface area contributed by atoms with E-state index in [1.54, 1.807) is 0 Å². The SMILES string of the molecule is CC(=O)O[C@H]([C@H](OC(C)=O)[C@H](CO)OC(C)=O)[C@@H](C=O)OC(C)=O. The summed E-state index contributed by atoms with van der Waals surface area (Å²) < 4.78 is 19.4.